The van der Waals surface area contributed by atoms with Gasteiger partial charge in [0.05, 0.1) is 17.3 Å². The maximum absolute atomic E-state index is 12.6. The van der Waals surface area contributed by atoms with Crippen molar-refractivity contribution < 1.29 is 13.2 Å². The third kappa shape index (κ3) is 5.97. The summed E-state index contributed by atoms with van der Waals surface area (Å²) < 4.78 is 24.2. The van der Waals surface area contributed by atoms with Crippen molar-refractivity contribution in [1.29, 1.82) is 0 Å². The van der Waals surface area contributed by atoms with Crippen LogP contribution in [-0.2, 0) is 21.1 Å². The monoisotopic (exact) mass is 481 g/mol. The molecule has 11 heteroatoms. The van der Waals surface area contributed by atoms with E-state index in [1.165, 1.54) is 28.7 Å². The smallest absolute Gasteiger partial charge is 0.233 e. The summed E-state index contributed by atoms with van der Waals surface area (Å²) in [5.41, 5.74) is 2.25. The summed E-state index contributed by atoms with van der Waals surface area (Å²) in [5, 5.41) is 12.3. The molecule has 1 atom stereocenters. The van der Waals surface area contributed by atoms with E-state index in [0.29, 0.717) is 30.4 Å². The van der Waals surface area contributed by atoms with Crippen LogP contribution in [0.4, 0.5) is 10.8 Å². The van der Waals surface area contributed by atoms with Gasteiger partial charge in [-0.1, -0.05) is 42.2 Å². The summed E-state index contributed by atoms with van der Waals surface area (Å²) >= 11 is 2.84. The lowest BCUT2D eigenvalue weighted by molar-refractivity contribution is -0.130. The number of aryl methyl sites for hydroxylation is 1. The molecule has 2 aliphatic rings. The van der Waals surface area contributed by atoms with E-state index in [2.05, 4.69) is 39.5 Å². The first kappa shape index (κ1) is 22.5. The van der Waals surface area contributed by atoms with Crippen LogP contribution in [0.15, 0.2) is 28.6 Å². The minimum atomic E-state index is -2.88. The molecule has 168 valence electrons. The van der Waals surface area contributed by atoms with Gasteiger partial charge in [-0.15, -0.1) is 10.2 Å². The Morgan fingerprint density at radius 3 is 2.58 bits per heavy atom. The maximum Gasteiger partial charge on any atom is 0.233 e. The zero-order chi connectivity index (χ0) is 21.8. The average Bonchev–Trinajstić information content (AvgIpc) is 3.38. The predicted molar refractivity (Wildman–Crippen MR) is 125 cm³/mol. The van der Waals surface area contributed by atoms with Gasteiger partial charge in [0.15, 0.2) is 14.2 Å². The summed E-state index contributed by atoms with van der Waals surface area (Å²) in [6.45, 7) is 4.89. The van der Waals surface area contributed by atoms with E-state index >= 15 is 0 Å². The first-order valence-electron chi connectivity index (χ1n) is 10.5. The summed E-state index contributed by atoms with van der Waals surface area (Å²) in [6, 6.07) is 8.34. The molecule has 31 heavy (non-hydrogen) atoms. The second-order valence-electron chi connectivity index (χ2n) is 7.81. The molecule has 1 N–H and O–H groups in total. The van der Waals surface area contributed by atoms with Gasteiger partial charge in [0.2, 0.25) is 11.0 Å². The molecule has 4 rings (SSSR count). The molecule has 3 heterocycles. The summed E-state index contributed by atoms with van der Waals surface area (Å²) in [7, 11) is -2.88. The third-order valence-corrected chi connectivity index (χ3v) is 9.44. The van der Waals surface area contributed by atoms with Gasteiger partial charge < -0.3 is 10.2 Å². The van der Waals surface area contributed by atoms with Crippen molar-refractivity contribution in [2.24, 2.45) is 0 Å². The third-order valence-electron chi connectivity index (χ3n) is 5.73. The molecule has 1 amide bonds. The molecule has 2 saturated heterocycles. The lowest BCUT2D eigenvalue weighted by atomic mass is 10.1. The molecule has 2 aromatic rings. The zero-order valence-corrected chi connectivity index (χ0v) is 19.9. The van der Waals surface area contributed by atoms with Crippen LogP contribution in [0.3, 0.4) is 0 Å². The number of rotatable bonds is 7. The van der Waals surface area contributed by atoms with Crippen molar-refractivity contribution in [2.75, 3.05) is 48.8 Å². The minimum Gasteiger partial charge on any atom is -0.339 e. The standard InChI is InChI=1S/C20H27N5O3S3/c1-2-15-3-5-16(6-4-15)21-19-22-23-20(30-19)29-13-18(26)25-10-8-24(9-11-25)17-7-12-31(27,28)14-17/h3-6,17H,2,7-14H2,1H3,(H,21,22)/t17-/m1/s1. The van der Waals surface area contributed by atoms with Gasteiger partial charge in [-0.05, 0) is 30.5 Å². The fourth-order valence-corrected chi connectivity index (χ4v) is 7.32. The van der Waals surface area contributed by atoms with Gasteiger partial charge in [-0.3, -0.25) is 9.69 Å². The molecule has 0 unspecified atom stereocenters. The van der Waals surface area contributed by atoms with E-state index in [1.807, 2.05) is 17.0 Å². The van der Waals surface area contributed by atoms with Crippen molar-refractivity contribution in [1.82, 2.24) is 20.0 Å². The highest BCUT2D eigenvalue weighted by atomic mass is 32.2. The van der Waals surface area contributed by atoms with Crippen LogP contribution >= 0.6 is 23.1 Å². The zero-order valence-electron chi connectivity index (χ0n) is 17.5. The number of hydrogen-bond acceptors (Lipinski definition) is 9. The molecule has 8 nitrogen and oxygen atoms in total. The number of thioether (sulfide) groups is 1. The molecule has 0 saturated carbocycles. The largest absolute Gasteiger partial charge is 0.339 e. The van der Waals surface area contributed by atoms with Gasteiger partial charge in [0.1, 0.15) is 0 Å². The Morgan fingerprint density at radius 2 is 1.94 bits per heavy atom. The molecule has 1 aromatic heterocycles. The van der Waals surface area contributed by atoms with E-state index < -0.39 is 9.84 Å². The topological polar surface area (TPSA) is 95.5 Å². The Bertz CT molecular complexity index is 1000. The van der Waals surface area contributed by atoms with Gasteiger partial charge in [-0.25, -0.2) is 8.42 Å². The molecular weight excluding hydrogens is 454 g/mol. The second-order valence-corrected chi connectivity index (χ2v) is 12.2. The quantitative estimate of drug-likeness (QED) is 0.602. The van der Waals surface area contributed by atoms with Crippen molar-refractivity contribution >= 4 is 49.7 Å². The van der Waals surface area contributed by atoms with Crippen LogP contribution < -0.4 is 5.32 Å². The number of hydrogen-bond donors (Lipinski definition) is 1. The lowest BCUT2D eigenvalue weighted by Gasteiger charge is -2.37. The Morgan fingerprint density at radius 1 is 1.19 bits per heavy atom. The van der Waals surface area contributed by atoms with Crippen LogP contribution in [0.5, 0.6) is 0 Å². The van der Waals surface area contributed by atoms with Crippen molar-refractivity contribution in [3.8, 4) is 0 Å². The van der Waals surface area contributed by atoms with Crippen LogP contribution in [0.1, 0.15) is 18.9 Å². The van der Waals surface area contributed by atoms with E-state index in [4.69, 9.17) is 0 Å². The predicted octanol–water partition coefficient (Wildman–Crippen LogP) is 2.27. The number of piperazine rings is 1. The number of anilines is 2. The summed E-state index contributed by atoms with van der Waals surface area (Å²) in [4.78, 5) is 16.7. The highest BCUT2D eigenvalue weighted by Crippen LogP contribution is 2.28. The van der Waals surface area contributed by atoms with Crippen molar-refractivity contribution in [3.05, 3.63) is 29.8 Å². The van der Waals surface area contributed by atoms with E-state index in [-0.39, 0.29) is 23.5 Å². The van der Waals surface area contributed by atoms with E-state index in [0.717, 1.165) is 29.5 Å². The fourth-order valence-electron chi connectivity index (χ4n) is 3.88. The maximum atomic E-state index is 12.6. The Kier molecular flexibility index (Phi) is 7.15. The number of amides is 1. The number of carbonyl (C=O) groups is 1. The minimum absolute atomic E-state index is 0.0866. The number of carbonyl (C=O) groups excluding carboxylic acids is 1. The van der Waals surface area contributed by atoms with Crippen LogP contribution in [0.2, 0.25) is 0 Å². The normalized spacial score (nSPS) is 21.3. The highest BCUT2D eigenvalue weighted by molar-refractivity contribution is 8.01. The fraction of sp³-hybridized carbons (Fsp3) is 0.550. The van der Waals surface area contributed by atoms with Crippen LogP contribution in [-0.4, -0.2) is 83.8 Å². The van der Waals surface area contributed by atoms with E-state index in [9.17, 15) is 13.2 Å². The molecule has 2 aliphatic heterocycles. The SMILES string of the molecule is CCc1ccc(Nc2nnc(SCC(=O)N3CCN([C@@H]4CCS(=O)(=O)C4)CC3)s2)cc1. The number of benzene rings is 1. The number of aromatic nitrogens is 2. The first-order chi connectivity index (χ1) is 14.9. The molecule has 0 spiro atoms. The molecule has 0 radical (unpaired) electrons. The molecule has 2 fully saturated rings. The van der Waals surface area contributed by atoms with Crippen molar-refractivity contribution in [3.63, 3.8) is 0 Å². The van der Waals surface area contributed by atoms with Gasteiger partial charge in [0.25, 0.3) is 0 Å². The van der Waals surface area contributed by atoms with Gasteiger partial charge in [-0.2, -0.15) is 0 Å². The highest BCUT2D eigenvalue weighted by Gasteiger charge is 2.34. The Labute approximate surface area is 191 Å². The summed E-state index contributed by atoms with van der Waals surface area (Å²) in [5.74, 6) is 0.962. The lowest BCUT2D eigenvalue weighted by Crippen LogP contribution is -2.52. The first-order valence-corrected chi connectivity index (χ1v) is 14.1. The summed E-state index contributed by atoms with van der Waals surface area (Å²) in [6.07, 6.45) is 1.72. The number of nitrogens with one attached hydrogen (secondary N) is 1. The molecule has 0 bridgehead atoms. The van der Waals surface area contributed by atoms with Crippen LogP contribution in [0, 0.1) is 0 Å². The number of sulfone groups is 1. The van der Waals surface area contributed by atoms with Gasteiger partial charge >= 0.3 is 0 Å². The van der Waals surface area contributed by atoms with Gasteiger partial charge in [0, 0.05) is 37.9 Å². The Hall–Kier alpha value is -1.69. The van der Waals surface area contributed by atoms with Crippen LogP contribution in [0.25, 0.3) is 0 Å². The average molecular weight is 482 g/mol. The molecular formula is C20H27N5O3S3. The van der Waals surface area contributed by atoms with Crippen molar-refractivity contribution in [2.45, 2.75) is 30.1 Å². The number of nitrogens with zero attached hydrogens (tertiary/aromatic N) is 4. The van der Waals surface area contributed by atoms with E-state index in [1.54, 1.807) is 0 Å². The second kappa shape index (κ2) is 9.85. The molecule has 1 aromatic carbocycles. The molecule has 0 aliphatic carbocycles. The Balaban J connectivity index is 1.21.